The fourth-order valence-corrected chi connectivity index (χ4v) is 4.26. The first-order chi connectivity index (χ1) is 17.4. The highest BCUT2D eigenvalue weighted by Crippen LogP contribution is 2.28. The van der Waals surface area contributed by atoms with Crippen LogP contribution in [0.4, 0.5) is 10.5 Å². The molecule has 1 aliphatic heterocycles. The molecule has 6 nitrogen and oxygen atoms in total. The molecule has 4 amide bonds. The smallest absolute Gasteiger partial charge is 0.335 e. The van der Waals surface area contributed by atoms with Crippen molar-refractivity contribution in [1.82, 2.24) is 5.32 Å². The molecule has 36 heavy (non-hydrogen) atoms. The van der Waals surface area contributed by atoms with Gasteiger partial charge in [0.2, 0.25) is 0 Å². The molecule has 1 N–H and O–H groups in total. The number of carbonyl (C=O) groups excluding carboxylic acids is 3. The van der Waals surface area contributed by atoms with E-state index in [4.69, 9.17) is 4.74 Å². The van der Waals surface area contributed by atoms with E-state index in [1.807, 2.05) is 32.0 Å². The summed E-state index contributed by atoms with van der Waals surface area (Å²) in [5, 5.41) is 4.51. The van der Waals surface area contributed by atoms with E-state index in [9.17, 15) is 14.4 Å². The Hall–Kier alpha value is -4.71. The minimum atomic E-state index is -0.776. The zero-order valence-corrected chi connectivity index (χ0v) is 19.9. The Labute approximate surface area is 208 Å². The van der Waals surface area contributed by atoms with Gasteiger partial charge < -0.3 is 4.74 Å². The molecule has 6 heteroatoms. The summed E-state index contributed by atoms with van der Waals surface area (Å²) in [6.45, 7) is 4.27. The Kier molecular flexibility index (Phi) is 6.09. The Bertz CT molecular complexity index is 1540. The average Bonchev–Trinajstić information content (AvgIpc) is 2.87. The number of hydrogen-bond donors (Lipinski definition) is 1. The summed E-state index contributed by atoms with van der Waals surface area (Å²) in [5.41, 5.74) is 3.97. The minimum absolute atomic E-state index is 0.146. The van der Waals surface area contributed by atoms with Crippen LogP contribution >= 0.6 is 0 Å². The number of nitrogens with one attached hydrogen (secondary N) is 1. The molecule has 0 spiro atoms. The van der Waals surface area contributed by atoms with Crippen LogP contribution in [0.1, 0.15) is 22.3 Å². The Balaban J connectivity index is 1.47. The van der Waals surface area contributed by atoms with Crippen LogP contribution in [0.3, 0.4) is 0 Å². The second kappa shape index (κ2) is 9.50. The summed E-state index contributed by atoms with van der Waals surface area (Å²) in [4.78, 5) is 39.3. The fourth-order valence-electron chi connectivity index (χ4n) is 4.26. The number of fused-ring (bicyclic) bond motifs is 1. The Morgan fingerprint density at radius 3 is 2.36 bits per heavy atom. The number of imide groups is 2. The molecule has 1 saturated heterocycles. The lowest BCUT2D eigenvalue weighted by molar-refractivity contribution is -0.122. The van der Waals surface area contributed by atoms with E-state index in [1.165, 1.54) is 6.08 Å². The number of para-hydroxylation sites is 1. The summed E-state index contributed by atoms with van der Waals surface area (Å²) >= 11 is 0. The predicted octanol–water partition coefficient (Wildman–Crippen LogP) is 5.70. The SMILES string of the molecule is Cc1ccc(N2C(=O)NC(=O)/C(=C\c3ccccc3OCc3c(C)ccc4ccccc34)C2=O)cc1. The lowest BCUT2D eigenvalue weighted by atomic mass is 10.0. The van der Waals surface area contributed by atoms with Crippen LogP contribution in [0, 0.1) is 13.8 Å². The number of amides is 4. The molecule has 1 heterocycles. The van der Waals surface area contributed by atoms with Gasteiger partial charge in [-0.05, 0) is 54.5 Å². The molecular formula is C30H24N2O4. The van der Waals surface area contributed by atoms with Crippen molar-refractivity contribution in [3.63, 3.8) is 0 Å². The molecular weight excluding hydrogens is 452 g/mol. The molecule has 4 aromatic carbocycles. The lowest BCUT2D eigenvalue weighted by Crippen LogP contribution is -2.54. The molecule has 0 bridgehead atoms. The molecule has 0 aliphatic carbocycles. The van der Waals surface area contributed by atoms with E-state index in [-0.39, 0.29) is 5.57 Å². The van der Waals surface area contributed by atoms with Crippen molar-refractivity contribution in [2.75, 3.05) is 4.90 Å². The van der Waals surface area contributed by atoms with E-state index < -0.39 is 17.8 Å². The number of nitrogens with zero attached hydrogens (tertiary/aromatic N) is 1. The zero-order chi connectivity index (χ0) is 25.2. The Morgan fingerprint density at radius 1 is 0.833 bits per heavy atom. The Morgan fingerprint density at radius 2 is 1.56 bits per heavy atom. The van der Waals surface area contributed by atoms with Crippen LogP contribution < -0.4 is 15.0 Å². The van der Waals surface area contributed by atoms with Crippen LogP contribution in [-0.4, -0.2) is 17.8 Å². The van der Waals surface area contributed by atoms with Gasteiger partial charge in [-0.1, -0.05) is 72.3 Å². The number of ether oxygens (including phenoxy) is 1. The van der Waals surface area contributed by atoms with Crippen molar-refractivity contribution >= 4 is 40.4 Å². The summed E-state index contributed by atoms with van der Waals surface area (Å²) in [6.07, 6.45) is 1.47. The summed E-state index contributed by atoms with van der Waals surface area (Å²) in [5.74, 6) is -0.905. The average molecular weight is 477 g/mol. The number of anilines is 1. The van der Waals surface area contributed by atoms with Gasteiger partial charge in [-0.3, -0.25) is 14.9 Å². The highest BCUT2D eigenvalue weighted by Gasteiger charge is 2.36. The standard InChI is InChI=1S/C30H24N2O4/c1-19-11-15-23(16-12-19)32-29(34)25(28(33)31-30(32)35)17-22-8-4-6-10-27(22)36-18-26-20(2)13-14-21-7-3-5-9-24(21)26/h3-17H,18H2,1-2H3,(H,31,33,35)/b25-17+. The second-order valence-electron chi connectivity index (χ2n) is 8.70. The first-order valence-electron chi connectivity index (χ1n) is 11.6. The topological polar surface area (TPSA) is 75.7 Å². The van der Waals surface area contributed by atoms with Gasteiger partial charge in [-0.2, -0.15) is 0 Å². The van der Waals surface area contributed by atoms with Crippen molar-refractivity contribution in [1.29, 1.82) is 0 Å². The number of barbiturate groups is 1. The predicted molar refractivity (Wildman–Crippen MR) is 140 cm³/mol. The number of rotatable bonds is 5. The van der Waals surface area contributed by atoms with Crippen LogP contribution in [-0.2, 0) is 16.2 Å². The number of benzene rings is 4. The van der Waals surface area contributed by atoms with E-state index in [2.05, 4.69) is 29.6 Å². The number of hydrogen-bond acceptors (Lipinski definition) is 4. The molecule has 4 aromatic rings. The zero-order valence-electron chi connectivity index (χ0n) is 19.9. The third kappa shape index (κ3) is 4.36. The maximum absolute atomic E-state index is 13.3. The summed E-state index contributed by atoms with van der Waals surface area (Å²) < 4.78 is 6.20. The molecule has 0 aromatic heterocycles. The third-order valence-electron chi connectivity index (χ3n) is 6.26. The maximum Gasteiger partial charge on any atom is 0.335 e. The monoisotopic (exact) mass is 476 g/mol. The largest absolute Gasteiger partial charge is 0.488 e. The van der Waals surface area contributed by atoms with E-state index in [0.717, 1.165) is 32.4 Å². The lowest BCUT2D eigenvalue weighted by Gasteiger charge is -2.26. The molecule has 0 unspecified atom stereocenters. The molecule has 0 radical (unpaired) electrons. The third-order valence-corrected chi connectivity index (χ3v) is 6.26. The number of aryl methyl sites for hydroxylation is 2. The van der Waals surface area contributed by atoms with Crippen molar-refractivity contribution in [3.8, 4) is 5.75 Å². The highest BCUT2D eigenvalue weighted by atomic mass is 16.5. The number of urea groups is 1. The molecule has 5 rings (SSSR count). The fraction of sp³-hybridized carbons (Fsp3) is 0.100. The first kappa shape index (κ1) is 23.1. The van der Waals surface area contributed by atoms with Crippen LogP contribution in [0.5, 0.6) is 5.75 Å². The molecule has 1 fully saturated rings. The van der Waals surface area contributed by atoms with Gasteiger partial charge in [0.1, 0.15) is 17.9 Å². The van der Waals surface area contributed by atoms with Gasteiger partial charge in [0.15, 0.2) is 0 Å². The van der Waals surface area contributed by atoms with Crippen molar-refractivity contribution in [2.45, 2.75) is 20.5 Å². The summed E-state index contributed by atoms with van der Waals surface area (Å²) in [6, 6.07) is 25.6. The first-order valence-corrected chi connectivity index (χ1v) is 11.6. The molecule has 178 valence electrons. The maximum atomic E-state index is 13.3. The molecule has 0 atom stereocenters. The molecule has 1 aliphatic rings. The quantitative estimate of drug-likeness (QED) is 0.296. The number of carbonyl (C=O) groups is 3. The van der Waals surface area contributed by atoms with E-state index in [1.54, 1.807) is 42.5 Å². The van der Waals surface area contributed by atoms with Crippen LogP contribution in [0.25, 0.3) is 16.8 Å². The van der Waals surface area contributed by atoms with E-state index in [0.29, 0.717) is 23.6 Å². The molecule has 0 saturated carbocycles. The van der Waals surface area contributed by atoms with Gasteiger partial charge in [0.25, 0.3) is 11.8 Å². The van der Waals surface area contributed by atoms with Gasteiger partial charge in [-0.25, -0.2) is 9.69 Å². The van der Waals surface area contributed by atoms with Crippen molar-refractivity contribution in [3.05, 3.63) is 113 Å². The van der Waals surface area contributed by atoms with Gasteiger partial charge in [0.05, 0.1) is 5.69 Å². The van der Waals surface area contributed by atoms with Gasteiger partial charge in [0, 0.05) is 11.1 Å². The summed E-state index contributed by atoms with van der Waals surface area (Å²) in [7, 11) is 0. The van der Waals surface area contributed by atoms with Crippen molar-refractivity contribution in [2.24, 2.45) is 0 Å². The van der Waals surface area contributed by atoms with Crippen LogP contribution in [0.15, 0.2) is 90.5 Å². The van der Waals surface area contributed by atoms with Gasteiger partial charge in [-0.15, -0.1) is 0 Å². The second-order valence-corrected chi connectivity index (χ2v) is 8.70. The van der Waals surface area contributed by atoms with Crippen molar-refractivity contribution < 1.29 is 19.1 Å². The van der Waals surface area contributed by atoms with E-state index >= 15 is 0 Å². The van der Waals surface area contributed by atoms with Crippen LogP contribution in [0.2, 0.25) is 0 Å². The minimum Gasteiger partial charge on any atom is -0.488 e. The van der Waals surface area contributed by atoms with Gasteiger partial charge >= 0.3 is 6.03 Å². The normalized spacial score (nSPS) is 14.9. The highest BCUT2D eigenvalue weighted by molar-refractivity contribution is 6.39.